The molecule has 0 aromatic heterocycles. The van der Waals surface area contributed by atoms with Crippen molar-refractivity contribution in [3.8, 4) is 0 Å². The summed E-state index contributed by atoms with van der Waals surface area (Å²) in [5.74, 6) is -0.343. The van der Waals surface area contributed by atoms with Crippen molar-refractivity contribution in [1.29, 1.82) is 0 Å². The molecule has 1 fully saturated rings. The molecule has 0 radical (unpaired) electrons. The van der Waals surface area contributed by atoms with Crippen molar-refractivity contribution in [3.63, 3.8) is 0 Å². The summed E-state index contributed by atoms with van der Waals surface area (Å²) in [5.41, 5.74) is -0.613. The summed E-state index contributed by atoms with van der Waals surface area (Å²) in [6.07, 6.45) is 4.27. The maximum atomic E-state index is 12.9. The number of rotatable bonds is 5. The minimum absolute atomic E-state index is 0.0796. The summed E-state index contributed by atoms with van der Waals surface area (Å²) < 4.78 is 28.0. The number of amides is 2. The lowest BCUT2D eigenvalue weighted by atomic mass is 9.97. The Kier molecular flexibility index (Phi) is 7.89. The summed E-state index contributed by atoms with van der Waals surface area (Å²) in [4.78, 5) is 28.6. The van der Waals surface area contributed by atoms with Gasteiger partial charge in [-0.3, -0.25) is 0 Å². The molecule has 1 rings (SSSR count). The Morgan fingerprint density at radius 2 is 1.70 bits per heavy atom. The van der Waals surface area contributed by atoms with Gasteiger partial charge >= 0.3 is 12.0 Å². The number of carbonyl (C=O) groups excluding carboxylic acids is 2. The normalized spacial score (nSPS) is 18.0. The molecule has 1 atom stereocenters. The Hall–Kier alpha value is -1.57. The third-order valence-corrected chi connectivity index (χ3v) is 5.06. The number of urea groups is 1. The molecule has 1 aliphatic rings. The summed E-state index contributed by atoms with van der Waals surface area (Å²) in [6.45, 7) is 10.3. The molecule has 0 N–H and O–H groups in total. The van der Waals surface area contributed by atoms with Gasteiger partial charge in [0.1, 0.15) is 11.6 Å². The molecule has 0 aliphatic carbocycles. The van der Waals surface area contributed by atoms with Gasteiger partial charge in [0.05, 0.1) is 0 Å². The lowest BCUT2D eigenvalue weighted by Crippen LogP contribution is -2.53. The van der Waals surface area contributed by atoms with E-state index in [4.69, 9.17) is 4.74 Å². The van der Waals surface area contributed by atoms with E-state index in [2.05, 4.69) is 0 Å². The first-order valence-corrected chi connectivity index (χ1v) is 11.3. The monoisotopic (exact) mass is 402 g/mol. The molecule has 2 amide bonds. The van der Waals surface area contributed by atoms with E-state index in [-0.39, 0.29) is 17.9 Å². The molecule has 7 nitrogen and oxygen atoms in total. The van der Waals surface area contributed by atoms with Gasteiger partial charge in [-0.15, -0.1) is 0 Å². The summed E-state index contributed by atoms with van der Waals surface area (Å²) in [6, 6.07) is -0.857. The van der Waals surface area contributed by atoms with Gasteiger partial charge in [-0.2, -0.15) is 0 Å². The van der Waals surface area contributed by atoms with Crippen LogP contribution in [-0.2, 0) is 19.4 Å². The smallest absolute Gasteiger partial charge is 0.329 e. The zero-order valence-electron chi connectivity index (χ0n) is 17.6. The maximum Gasteiger partial charge on any atom is 0.329 e. The first kappa shape index (κ1) is 23.5. The molecule has 1 aliphatic heterocycles. The van der Waals surface area contributed by atoms with Gasteiger partial charge in [-0.1, -0.05) is 19.9 Å². The first-order valence-electron chi connectivity index (χ1n) is 9.34. The zero-order chi connectivity index (χ0) is 21.0. The average molecular weight is 403 g/mol. The Balaban J connectivity index is 2.74. The van der Waals surface area contributed by atoms with Gasteiger partial charge in [0.2, 0.25) is 0 Å². The van der Waals surface area contributed by atoms with Crippen molar-refractivity contribution in [2.75, 3.05) is 26.4 Å². The third kappa shape index (κ3) is 7.91. The number of hydrogen-bond donors (Lipinski definition) is 0. The van der Waals surface area contributed by atoms with Crippen molar-refractivity contribution >= 4 is 21.8 Å². The standard InChI is InChI=1S/C19H34N2O5S/c1-14(2)16(17(22)26-19(3,4)5)20(6)18(23)21-11-8-15(9-12-21)10-13-27(7,24)25/h10,13-16H,8-9,11-12H2,1-7H3/b13-10+/t16-/m0/s1. The van der Waals surface area contributed by atoms with Crippen molar-refractivity contribution in [3.05, 3.63) is 11.5 Å². The van der Waals surface area contributed by atoms with E-state index < -0.39 is 27.4 Å². The van der Waals surface area contributed by atoms with Crippen molar-refractivity contribution < 1.29 is 22.7 Å². The van der Waals surface area contributed by atoms with Crippen LogP contribution in [0.3, 0.4) is 0 Å². The topological polar surface area (TPSA) is 84.0 Å². The summed E-state index contributed by atoms with van der Waals surface area (Å²) >= 11 is 0. The number of ether oxygens (including phenoxy) is 1. The van der Waals surface area contributed by atoms with Crippen molar-refractivity contribution in [2.24, 2.45) is 11.8 Å². The van der Waals surface area contributed by atoms with Crippen LogP contribution in [-0.4, -0.2) is 68.3 Å². The molecule has 0 saturated carbocycles. The lowest BCUT2D eigenvalue weighted by Gasteiger charge is -2.38. The Bertz CT molecular complexity index is 656. The number of nitrogens with zero attached hydrogens (tertiary/aromatic N) is 2. The summed E-state index contributed by atoms with van der Waals surface area (Å²) in [5, 5.41) is 1.23. The van der Waals surface area contributed by atoms with Crippen LogP contribution < -0.4 is 0 Å². The van der Waals surface area contributed by atoms with Crippen LogP contribution in [0.25, 0.3) is 0 Å². The van der Waals surface area contributed by atoms with E-state index in [1.807, 2.05) is 13.8 Å². The van der Waals surface area contributed by atoms with E-state index >= 15 is 0 Å². The summed E-state index contributed by atoms with van der Waals surface area (Å²) in [7, 11) is -1.50. The Morgan fingerprint density at radius 1 is 1.19 bits per heavy atom. The molecule has 8 heteroatoms. The number of esters is 1. The fourth-order valence-corrected chi connectivity index (χ4v) is 3.63. The number of hydrogen-bond acceptors (Lipinski definition) is 5. The first-order chi connectivity index (χ1) is 12.2. The highest BCUT2D eigenvalue weighted by Gasteiger charge is 2.36. The Morgan fingerprint density at radius 3 is 2.11 bits per heavy atom. The molecule has 27 heavy (non-hydrogen) atoms. The third-order valence-electron chi connectivity index (χ3n) is 4.41. The van der Waals surface area contributed by atoms with Crippen LogP contribution >= 0.6 is 0 Å². The minimum Gasteiger partial charge on any atom is -0.458 e. The second kappa shape index (κ2) is 9.08. The second-order valence-electron chi connectivity index (χ2n) is 8.60. The van der Waals surface area contributed by atoms with Gasteiger partial charge in [-0.25, -0.2) is 18.0 Å². The van der Waals surface area contributed by atoms with Gasteiger partial charge in [0.15, 0.2) is 9.84 Å². The SMILES string of the molecule is CC(C)[C@@H](C(=O)OC(C)(C)C)N(C)C(=O)N1CCC(/C=C/S(C)(=O)=O)CC1. The maximum absolute atomic E-state index is 12.9. The van der Waals surface area contributed by atoms with Crippen LogP contribution in [0.2, 0.25) is 0 Å². The van der Waals surface area contributed by atoms with E-state index in [1.165, 1.54) is 16.6 Å². The second-order valence-corrected chi connectivity index (χ2v) is 10.5. The molecule has 0 aromatic rings. The van der Waals surface area contributed by atoms with Crippen LogP contribution in [0.4, 0.5) is 4.79 Å². The highest BCUT2D eigenvalue weighted by Crippen LogP contribution is 2.22. The fraction of sp³-hybridized carbons (Fsp3) is 0.789. The lowest BCUT2D eigenvalue weighted by molar-refractivity contribution is -0.161. The molecular formula is C19H34N2O5S. The number of piperidine rings is 1. The largest absolute Gasteiger partial charge is 0.458 e. The number of likely N-dealkylation sites (tertiary alicyclic amines) is 1. The van der Waals surface area contributed by atoms with E-state index in [9.17, 15) is 18.0 Å². The highest BCUT2D eigenvalue weighted by atomic mass is 32.2. The number of sulfone groups is 1. The Labute approximate surface area is 163 Å². The van der Waals surface area contributed by atoms with Crippen LogP contribution in [0.5, 0.6) is 0 Å². The van der Waals surface area contributed by atoms with Crippen molar-refractivity contribution in [1.82, 2.24) is 9.80 Å². The fourth-order valence-electron chi connectivity index (χ4n) is 3.12. The van der Waals surface area contributed by atoms with Crippen LogP contribution in [0.1, 0.15) is 47.5 Å². The quantitative estimate of drug-likeness (QED) is 0.660. The minimum atomic E-state index is -3.13. The molecule has 0 bridgehead atoms. The van der Waals surface area contributed by atoms with E-state index in [0.29, 0.717) is 25.9 Å². The van der Waals surface area contributed by atoms with Gasteiger partial charge in [0, 0.05) is 31.8 Å². The number of likely N-dealkylation sites (N-methyl/N-ethyl adjacent to an activating group) is 1. The molecule has 1 saturated heterocycles. The number of carbonyl (C=O) groups is 2. The van der Waals surface area contributed by atoms with E-state index in [0.717, 1.165) is 0 Å². The van der Waals surface area contributed by atoms with Crippen molar-refractivity contribution in [2.45, 2.75) is 59.1 Å². The predicted molar refractivity (Wildman–Crippen MR) is 106 cm³/mol. The van der Waals surface area contributed by atoms with Gasteiger partial charge in [0.25, 0.3) is 0 Å². The molecule has 156 valence electrons. The molecule has 1 heterocycles. The predicted octanol–water partition coefficient (Wildman–Crippen LogP) is 2.67. The molecule has 0 aromatic carbocycles. The molecular weight excluding hydrogens is 368 g/mol. The highest BCUT2D eigenvalue weighted by molar-refractivity contribution is 7.93. The zero-order valence-corrected chi connectivity index (χ0v) is 18.4. The molecule has 0 spiro atoms. The van der Waals surface area contributed by atoms with E-state index in [1.54, 1.807) is 38.8 Å². The van der Waals surface area contributed by atoms with Crippen LogP contribution in [0, 0.1) is 11.8 Å². The number of allylic oxidation sites excluding steroid dienone is 1. The van der Waals surface area contributed by atoms with Crippen LogP contribution in [0.15, 0.2) is 11.5 Å². The average Bonchev–Trinajstić information content (AvgIpc) is 2.50. The molecule has 0 unspecified atom stereocenters. The van der Waals surface area contributed by atoms with Gasteiger partial charge in [-0.05, 0) is 45.4 Å². The van der Waals surface area contributed by atoms with Gasteiger partial charge < -0.3 is 14.5 Å².